The highest BCUT2D eigenvalue weighted by molar-refractivity contribution is 5.80. The second kappa shape index (κ2) is 6.65. The van der Waals surface area contributed by atoms with E-state index in [4.69, 9.17) is 27.2 Å². The fourth-order valence-electron chi connectivity index (χ4n) is 3.18. The lowest BCUT2D eigenvalue weighted by Gasteiger charge is -2.19. The van der Waals surface area contributed by atoms with Crippen molar-refractivity contribution in [2.24, 2.45) is 5.73 Å². The van der Waals surface area contributed by atoms with Crippen LogP contribution in [-0.4, -0.2) is 29.1 Å². The number of benzene rings is 1. The van der Waals surface area contributed by atoms with Gasteiger partial charge in [0.1, 0.15) is 5.82 Å². The molecule has 6 N–H and O–H groups in total. The van der Waals surface area contributed by atoms with Crippen molar-refractivity contribution in [2.75, 3.05) is 29.5 Å². The Kier molecular flexibility index (Phi) is 4.57. The van der Waals surface area contributed by atoms with Crippen LogP contribution in [0.15, 0.2) is 18.2 Å². The summed E-state index contributed by atoms with van der Waals surface area (Å²) < 4.78 is 0. The highest BCUT2D eigenvalue weighted by Crippen LogP contribution is 2.32. The molecule has 1 saturated heterocycles. The third-order valence-electron chi connectivity index (χ3n) is 4.58. The van der Waals surface area contributed by atoms with Gasteiger partial charge < -0.3 is 22.1 Å². The van der Waals surface area contributed by atoms with E-state index in [1.165, 1.54) is 0 Å². The molecule has 6 heteroatoms. The molecule has 0 amide bonds. The molecule has 0 saturated carbocycles. The molecule has 1 aromatic carbocycles. The standard InChI is InChI=1S/C18H26N6/c1-3-4-13-9-16(24-8-7-12(19)10-24)23-18(22-13)17-11(2)14(20)5-6-15(17)21/h5-6,9,12H,3-4,7-8,10,19-21H2,1-2H3. The Morgan fingerprint density at radius 1 is 1.21 bits per heavy atom. The smallest absolute Gasteiger partial charge is 0.164 e. The summed E-state index contributed by atoms with van der Waals surface area (Å²) in [4.78, 5) is 11.8. The molecule has 24 heavy (non-hydrogen) atoms. The van der Waals surface area contributed by atoms with Gasteiger partial charge in [-0.25, -0.2) is 9.97 Å². The van der Waals surface area contributed by atoms with Crippen LogP contribution in [0.25, 0.3) is 11.4 Å². The molecule has 2 aromatic rings. The summed E-state index contributed by atoms with van der Waals surface area (Å²) in [5.41, 5.74) is 22.5. The summed E-state index contributed by atoms with van der Waals surface area (Å²) in [5, 5.41) is 0. The van der Waals surface area contributed by atoms with Gasteiger partial charge in [0, 0.05) is 47.8 Å². The van der Waals surface area contributed by atoms with Crippen molar-refractivity contribution in [3.05, 3.63) is 29.5 Å². The average molecular weight is 326 g/mol. The number of nitrogens with zero attached hydrogens (tertiary/aromatic N) is 3. The van der Waals surface area contributed by atoms with Crippen molar-refractivity contribution in [1.29, 1.82) is 0 Å². The number of nitrogen functional groups attached to an aromatic ring is 2. The first kappa shape index (κ1) is 16.5. The first-order valence-corrected chi connectivity index (χ1v) is 8.53. The van der Waals surface area contributed by atoms with E-state index in [0.717, 1.165) is 55.0 Å². The minimum Gasteiger partial charge on any atom is -0.398 e. The van der Waals surface area contributed by atoms with Crippen molar-refractivity contribution >= 4 is 17.2 Å². The maximum Gasteiger partial charge on any atom is 0.164 e. The maximum atomic E-state index is 6.20. The highest BCUT2D eigenvalue weighted by atomic mass is 15.2. The van der Waals surface area contributed by atoms with E-state index in [1.54, 1.807) is 0 Å². The summed E-state index contributed by atoms with van der Waals surface area (Å²) >= 11 is 0. The zero-order valence-electron chi connectivity index (χ0n) is 14.4. The van der Waals surface area contributed by atoms with Gasteiger partial charge in [0.05, 0.1) is 0 Å². The van der Waals surface area contributed by atoms with Gasteiger partial charge in [0.2, 0.25) is 0 Å². The van der Waals surface area contributed by atoms with E-state index in [1.807, 2.05) is 19.1 Å². The Morgan fingerprint density at radius 2 is 1.96 bits per heavy atom. The van der Waals surface area contributed by atoms with Crippen molar-refractivity contribution in [2.45, 2.75) is 39.2 Å². The van der Waals surface area contributed by atoms with E-state index >= 15 is 0 Å². The van der Waals surface area contributed by atoms with Crippen LogP contribution >= 0.6 is 0 Å². The quantitative estimate of drug-likeness (QED) is 0.743. The lowest BCUT2D eigenvalue weighted by Crippen LogP contribution is -2.27. The van der Waals surface area contributed by atoms with E-state index in [-0.39, 0.29) is 6.04 Å². The van der Waals surface area contributed by atoms with Crippen LogP contribution in [0.2, 0.25) is 0 Å². The molecule has 1 aliphatic heterocycles. The van der Waals surface area contributed by atoms with Gasteiger partial charge in [-0.05, 0) is 37.5 Å². The number of hydrogen-bond donors (Lipinski definition) is 3. The first-order chi connectivity index (χ1) is 11.5. The summed E-state index contributed by atoms with van der Waals surface area (Å²) in [6.45, 7) is 5.86. The number of rotatable bonds is 4. The topological polar surface area (TPSA) is 107 Å². The molecule has 1 aromatic heterocycles. The van der Waals surface area contributed by atoms with Gasteiger partial charge >= 0.3 is 0 Å². The van der Waals surface area contributed by atoms with Crippen LogP contribution in [0.4, 0.5) is 17.2 Å². The van der Waals surface area contributed by atoms with Crippen molar-refractivity contribution in [3.63, 3.8) is 0 Å². The van der Waals surface area contributed by atoms with Crippen LogP contribution in [0.5, 0.6) is 0 Å². The molecule has 1 unspecified atom stereocenters. The fraction of sp³-hybridized carbons (Fsp3) is 0.444. The molecule has 128 valence electrons. The Balaban J connectivity index is 2.11. The Labute approximate surface area is 143 Å². The number of nitrogens with two attached hydrogens (primary N) is 3. The van der Waals surface area contributed by atoms with Crippen molar-refractivity contribution in [1.82, 2.24) is 9.97 Å². The predicted octanol–water partition coefficient (Wildman–Crippen LogP) is 2.11. The zero-order chi connectivity index (χ0) is 17.3. The molecule has 0 spiro atoms. The molecule has 1 fully saturated rings. The predicted molar refractivity (Wildman–Crippen MR) is 99.8 cm³/mol. The van der Waals surface area contributed by atoms with E-state index in [2.05, 4.69) is 17.9 Å². The van der Waals surface area contributed by atoms with Crippen LogP contribution in [0.1, 0.15) is 31.0 Å². The van der Waals surface area contributed by atoms with E-state index in [9.17, 15) is 0 Å². The molecule has 0 aliphatic carbocycles. The van der Waals surface area contributed by atoms with Crippen molar-refractivity contribution in [3.8, 4) is 11.4 Å². The van der Waals surface area contributed by atoms with Gasteiger partial charge in [-0.2, -0.15) is 0 Å². The van der Waals surface area contributed by atoms with Crippen LogP contribution in [-0.2, 0) is 6.42 Å². The third-order valence-corrected chi connectivity index (χ3v) is 4.58. The number of hydrogen-bond acceptors (Lipinski definition) is 6. The summed E-state index contributed by atoms with van der Waals surface area (Å²) in [6.07, 6.45) is 2.92. The second-order valence-electron chi connectivity index (χ2n) is 6.53. The molecular weight excluding hydrogens is 300 g/mol. The molecule has 6 nitrogen and oxygen atoms in total. The minimum atomic E-state index is 0.206. The first-order valence-electron chi connectivity index (χ1n) is 8.53. The summed E-state index contributed by atoms with van der Waals surface area (Å²) in [7, 11) is 0. The van der Waals surface area contributed by atoms with E-state index < -0.39 is 0 Å². The highest BCUT2D eigenvalue weighted by Gasteiger charge is 2.22. The molecule has 2 heterocycles. The van der Waals surface area contributed by atoms with Gasteiger partial charge in [-0.1, -0.05) is 13.3 Å². The second-order valence-corrected chi connectivity index (χ2v) is 6.53. The van der Waals surface area contributed by atoms with Gasteiger partial charge in [0.25, 0.3) is 0 Å². The largest absolute Gasteiger partial charge is 0.398 e. The Morgan fingerprint density at radius 3 is 2.62 bits per heavy atom. The molecule has 0 bridgehead atoms. The van der Waals surface area contributed by atoms with Crippen molar-refractivity contribution < 1.29 is 0 Å². The third kappa shape index (κ3) is 3.14. The SMILES string of the molecule is CCCc1cc(N2CCC(N)C2)nc(-c2c(N)ccc(N)c2C)n1. The number of aromatic nitrogens is 2. The molecule has 3 rings (SSSR count). The number of anilines is 3. The molecule has 1 aliphatic rings. The van der Waals surface area contributed by atoms with Crippen LogP contribution in [0, 0.1) is 6.92 Å². The number of aryl methyl sites for hydroxylation is 1. The van der Waals surface area contributed by atoms with Gasteiger partial charge in [0.15, 0.2) is 5.82 Å². The average Bonchev–Trinajstić information content (AvgIpc) is 2.98. The normalized spacial score (nSPS) is 17.5. The zero-order valence-corrected chi connectivity index (χ0v) is 14.4. The molecular formula is C18H26N6. The van der Waals surface area contributed by atoms with Gasteiger partial charge in [-0.15, -0.1) is 0 Å². The fourth-order valence-corrected chi connectivity index (χ4v) is 3.18. The Hall–Kier alpha value is -2.34. The Bertz CT molecular complexity index is 743. The lowest BCUT2D eigenvalue weighted by atomic mass is 10.0. The maximum absolute atomic E-state index is 6.20. The minimum absolute atomic E-state index is 0.206. The summed E-state index contributed by atoms with van der Waals surface area (Å²) in [6, 6.07) is 5.92. The molecule has 0 radical (unpaired) electrons. The summed E-state index contributed by atoms with van der Waals surface area (Å²) in [5.74, 6) is 1.58. The monoisotopic (exact) mass is 326 g/mol. The van der Waals surface area contributed by atoms with Gasteiger partial charge in [-0.3, -0.25) is 0 Å². The molecule has 1 atom stereocenters. The van der Waals surface area contributed by atoms with Crippen LogP contribution in [0.3, 0.4) is 0 Å². The van der Waals surface area contributed by atoms with E-state index in [0.29, 0.717) is 17.2 Å². The lowest BCUT2D eigenvalue weighted by molar-refractivity contribution is 0.751. The van der Waals surface area contributed by atoms with Crippen LogP contribution < -0.4 is 22.1 Å².